The van der Waals surface area contributed by atoms with Gasteiger partial charge in [-0.05, 0) is 29.7 Å². The maximum atomic E-state index is 13.7. The van der Waals surface area contributed by atoms with Crippen LogP contribution in [0.1, 0.15) is 23.6 Å². The van der Waals surface area contributed by atoms with Crippen LogP contribution in [-0.2, 0) is 26.2 Å². The molecule has 160 valence electrons. The highest BCUT2D eigenvalue weighted by molar-refractivity contribution is 5.94. The van der Waals surface area contributed by atoms with Crippen LogP contribution < -0.4 is 10.1 Å². The molecule has 0 heterocycles. The van der Waals surface area contributed by atoms with Crippen LogP contribution in [0.2, 0.25) is 0 Å². The number of benzene rings is 3. The fourth-order valence-corrected chi connectivity index (χ4v) is 3.70. The van der Waals surface area contributed by atoms with Crippen LogP contribution in [0.15, 0.2) is 84.9 Å². The summed E-state index contributed by atoms with van der Waals surface area (Å²) in [7, 11) is 2.89. The molecule has 0 bridgehead atoms. The number of ether oxygens (including phenoxy) is 2. The highest BCUT2D eigenvalue weighted by Crippen LogP contribution is 2.32. The molecule has 3 aromatic carbocycles. The SMILES string of the molecule is COC(=O)[C@H](Cc1ccccc1OC)NC(=O)C(C)(c1ccccc1)c1ccccc1. The zero-order valence-electron chi connectivity index (χ0n) is 18.0. The second kappa shape index (κ2) is 9.94. The second-order valence-corrected chi connectivity index (χ2v) is 7.42. The Kier molecular flexibility index (Phi) is 7.08. The number of para-hydroxylation sites is 1. The molecule has 5 heteroatoms. The van der Waals surface area contributed by atoms with Gasteiger partial charge >= 0.3 is 5.97 Å². The van der Waals surface area contributed by atoms with Gasteiger partial charge in [0.25, 0.3) is 0 Å². The van der Waals surface area contributed by atoms with E-state index in [4.69, 9.17) is 9.47 Å². The third-order valence-electron chi connectivity index (χ3n) is 5.56. The van der Waals surface area contributed by atoms with Gasteiger partial charge in [-0.1, -0.05) is 78.9 Å². The molecule has 0 aromatic heterocycles. The van der Waals surface area contributed by atoms with Gasteiger partial charge in [-0.15, -0.1) is 0 Å². The monoisotopic (exact) mass is 417 g/mol. The van der Waals surface area contributed by atoms with Gasteiger partial charge in [0.2, 0.25) is 5.91 Å². The minimum Gasteiger partial charge on any atom is -0.496 e. The van der Waals surface area contributed by atoms with Crippen molar-refractivity contribution in [3.8, 4) is 5.75 Å². The van der Waals surface area contributed by atoms with E-state index in [9.17, 15) is 9.59 Å². The predicted octanol–water partition coefficient (Wildman–Crippen LogP) is 3.90. The Labute approximate surface area is 183 Å². The van der Waals surface area contributed by atoms with Crippen molar-refractivity contribution in [2.45, 2.75) is 24.8 Å². The first-order valence-corrected chi connectivity index (χ1v) is 10.1. The van der Waals surface area contributed by atoms with Gasteiger partial charge < -0.3 is 14.8 Å². The zero-order chi connectivity index (χ0) is 22.3. The summed E-state index contributed by atoms with van der Waals surface area (Å²) < 4.78 is 10.4. The summed E-state index contributed by atoms with van der Waals surface area (Å²) in [6.07, 6.45) is 0.252. The third-order valence-corrected chi connectivity index (χ3v) is 5.56. The predicted molar refractivity (Wildman–Crippen MR) is 120 cm³/mol. The summed E-state index contributed by atoms with van der Waals surface area (Å²) >= 11 is 0. The van der Waals surface area contributed by atoms with Crippen LogP contribution in [0.25, 0.3) is 0 Å². The van der Waals surface area contributed by atoms with Crippen LogP contribution in [0, 0.1) is 0 Å². The smallest absolute Gasteiger partial charge is 0.328 e. The topological polar surface area (TPSA) is 64.6 Å². The molecule has 0 aliphatic carbocycles. The number of hydrogen-bond donors (Lipinski definition) is 1. The molecule has 1 atom stereocenters. The molecular weight excluding hydrogens is 390 g/mol. The maximum absolute atomic E-state index is 13.7. The highest BCUT2D eigenvalue weighted by Gasteiger charge is 2.39. The number of amides is 1. The first kappa shape index (κ1) is 22.1. The van der Waals surface area contributed by atoms with E-state index in [-0.39, 0.29) is 12.3 Å². The van der Waals surface area contributed by atoms with Gasteiger partial charge in [-0.25, -0.2) is 4.79 Å². The highest BCUT2D eigenvalue weighted by atomic mass is 16.5. The summed E-state index contributed by atoms with van der Waals surface area (Å²) in [5.41, 5.74) is 1.48. The number of esters is 1. The van der Waals surface area contributed by atoms with E-state index in [1.165, 1.54) is 7.11 Å². The molecule has 0 unspecified atom stereocenters. The molecule has 3 rings (SSSR count). The van der Waals surface area contributed by atoms with Gasteiger partial charge in [0, 0.05) is 6.42 Å². The number of carbonyl (C=O) groups excluding carboxylic acids is 2. The summed E-state index contributed by atoms with van der Waals surface area (Å²) in [6.45, 7) is 1.87. The maximum Gasteiger partial charge on any atom is 0.328 e. The first-order valence-electron chi connectivity index (χ1n) is 10.1. The molecular formula is C26H27NO4. The summed E-state index contributed by atoms with van der Waals surface area (Å²) in [4.78, 5) is 26.3. The summed E-state index contributed by atoms with van der Waals surface area (Å²) in [5.74, 6) is -0.141. The van der Waals surface area contributed by atoms with Crippen molar-refractivity contribution in [3.05, 3.63) is 102 Å². The molecule has 31 heavy (non-hydrogen) atoms. The quantitative estimate of drug-likeness (QED) is 0.565. The Hall–Kier alpha value is -3.60. The van der Waals surface area contributed by atoms with Gasteiger partial charge in [-0.3, -0.25) is 4.79 Å². The first-order chi connectivity index (χ1) is 15.0. The van der Waals surface area contributed by atoms with Gasteiger partial charge in [-0.2, -0.15) is 0 Å². The largest absolute Gasteiger partial charge is 0.496 e. The van der Waals surface area contributed by atoms with Crippen molar-refractivity contribution in [3.63, 3.8) is 0 Å². The lowest BCUT2D eigenvalue weighted by atomic mass is 9.75. The minimum atomic E-state index is -0.991. The van der Waals surface area contributed by atoms with E-state index in [1.54, 1.807) is 7.11 Å². The van der Waals surface area contributed by atoms with Gasteiger partial charge in [0.15, 0.2) is 0 Å². The van der Waals surface area contributed by atoms with Crippen LogP contribution >= 0.6 is 0 Å². The van der Waals surface area contributed by atoms with E-state index in [0.29, 0.717) is 5.75 Å². The Bertz CT molecular complexity index is 978. The third kappa shape index (κ3) is 4.77. The lowest BCUT2D eigenvalue weighted by Gasteiger charge is -2.31. The van der Waals surface area contributed by atoms with Crippen LogP contribution in [-0.4, -0.2) is 32.1 Å². The molecule has 0 aliphatic heterocycles. The molecule has 3 aromatic rings. The van der Waals surface area contributed by atoms with Crippen LogP contribution in [0.5, 0.6) is 5.75 Å². The number of methoxy groups -OCH3 is 2. The fourth-order valence-electron chi connectivity index (χ4n) is 3.70. The van der Waals surface area contributed by atoms with Crippen LogP contribution in [0.4, 0.5) is 0 Å². The number of hydrogen-bond acceptors (Lipinski definition) is 4. The van der Waals surface area contributed by atoms with Crippen molar-refractivity contribution < 1.29 is 19.1 Å². The molecule has 0 saturated heterocycles. The molecule has 0 saturated carbocycles. The average molecular weight is 418 g/mol. The van der Waals surface area contributed by atoms with Gasteiger partial charge in [0.1, 0.15) is 11.8 Å². The van der Waals surface area contributed by atoms with Crippen molar-refractivity contribution in [2.75, 3.05) is 14.2 Å². The van der Waals surface area contributed by atoms with Crippen molar-refractivity contribution in [2.24, 2.45) is 0 Å². The van der Waals surface area contributed by atoms with E-state index in [0.717, 1.165) is 16.7 Å². The molecule has 1 amide bonds. The Balaban J connectivity index is 1.97. The van der Waals surface area contributed by atoms with E-state index < -0.39 is 17.4 Å². The summed E-state index contributed by atoms with van der Waals surface area (Å²) in [6, 6.07) is 25.6. The van der Waals surface area contributed by atoms with Crippen molar-refractivity contribution >= 4 is 11.9 Å². The van der Waals surface area contributed by atoms with Crippen molar-refractivity contribution in [1.82, 2.24) is 5.32 Å². The fraction of sp³-hybridized carbons (Fsp3) is 0.231. The minimum absolute atomic E-state index is 0.252. The molecule has 0 radical (unpaired) electrons. The molecule has 1 N–H and O–H groups in total. The van der Waals surface area contributed by atoms with Gasteiger partial charge in [0.05, 0.1) is 19.6 Å². The van der Waals surface area contributed by atoms with Crippen LogP contribution in [0.3, 0.4) is 0 Å². The molecule has 0 spiro atoms. The molecule has 0 aliphatic rings. The average Bonchev–Trinajstić information content (AvgIpc) is 2.83. The number of rotatable bonds is 8. The Morgan fingerprint density at radius 2 is 1.35 bits per heavy atom. The summed E-state index contributed by atoms with van der Waals surface area (Å²) in [5, 5.41) is 2.94. The van der Waals surface area contributed by atoms with E-state index >= 15 is 0 Å². The normalized spacial score (nSPS) is 12.0. The lowest BCUT2D eigenvalue weighted by molar-refractivity contribution is -0.145. The van der Waals surface area contributed by atoms with Crippen molar-refractivity contribution in [1.29, 1.82) is 0 Å². The number of carbonyl (C=O) groups is 2. The molecule has 0 fully saturated rings. The second-order valence-electron chi connectivity index (χ2n) is 7.42. The van der Waals surface area contributed by atoms with E-state index in [1.807, 2.05) is 91.9 Å². The number of nitrogens with one attached hydrogen (secondary N) is 1. The Morgan fingerprint density at radius 3 is 1.87 bits per heavy atom. The lowest BCUT2D eigenvalue weighted by Crippen LogP contribution is -2.51. The zero-order valence-corrected chi connectivity index (χ0v) is 18.0. The van der Waals surface area contributed by atoms with E-state index in [2.05, 4.69) is 5.32 Å². The standard InChI is InChI=1S/C26H27NO4/c1-26(20-13-6-4-7-14-20,21-15-8-5-9-16-21)25(29)27-22(24(28)31-3)18-19-12-10-11-17-23(19)30-2/h4-17,22H,18H2,1-3H3,(H,27,29)/t22-/m0/s1. The Morgan fingerprint density at radius 1 is 0.839 bits per heavy atom. The molecule has 5 nitrogen and oxygen atoms in total.